The Balaban J connectivity index is 1.70. The minimum Gasteiger partial charge on any atom is -0.490 e. The minimum absolute atomic E-state index is 0.169. The summed E-state index contributed by atoms with van der Waals surface area (Å²) in [7, 11) is 0. The van der Waals surface area contributed by atoms with Crippen LogP contribution in [0.1, 0.15) is 55.6 Å². The second-order valence-electron chi connectivity index (χ2n) is 8.83. The Kier molecular flexibility index (Phi) is 7.48. The monoisotopic (exact) mass is 449 g/mol. The highest BCUT2D eigenvalue weighted by atomic mass is 16.5. The van der Waals surface area contributed by atoms with Gasteiger partial charge in [-0.05, 0) is 55.7 Å². The van der Waals surface area contributed by atoms with E-state index in [4.69, 9.17) is 9.47 Å². The Hall–Kier alpha value is -3.68. The van der Waals surface area contributed by atoms with Gasteiger partial charge in [-0.2, -0.15) is 5.10 Å². The van der Waals surface area contributed by atoms with E-state index in [9.17, 15) is 4.79 Å². The first-order chi connectivity index (χ1) is 15.7. The van der Waals surface area contributed by atoms with Crippen molar-refractivity contribution >= 4 is 12.2 Å². The van der Waals surface area contributed by atoms with Crippen molar-refractivity contribution in [2.24, 2.45) is 5.10 Å². The van der Waals surface area contributed by atoms with Crippen molar-refractivity contribution in [3.63, 3.8) is 0 Å². The van der Waals surface area contributed by atoms with Crippen LogP contribution >= 0.6 is 0 Å². The second kappa shape index (κ2) is 10.3. The molecule has 0 radical (unpaired) electrons. The normalized spacial score (nSPS) is 11.6. The maximum Gasteiger partial charge on any atom is 0.274 e. The van der Waals surface area contributed by atoms with Crippen molar-refractivity contribution in [3.8, 4) is 11.5 Å². The first kappa shape index (κ1) is 24.0. The average Bonchev–Trinajstić information content (AvgIpc) is 2.75. The number of anilines is 1. The third-order valence-corrected chi connectivity index (χ3v) is 4.95. The Morgan fingerprint density at radius 2 is 1.85 bits per heavy atom. The van der Waals surface area contributed by atoms with E-state index in [0.717, 1.165) is 11.1 Å². The summed E-state index contributed by atoms with van der Waals surface area (Å²) in [6.45, 7) is 12.7. The number of hydrazone groups is 1. The van der Waals surface area contributed by atoms with Crippen LogP contribution in [-0.2, 0) is 12.0 Å². The number of aromatic amines is 1. The van der Waals surface area contributed by atoms with Crippen LogP contribution in [0.2, 0.25) is 0 Å². The lowest BCUT2D eigenvalue weighted by molar-refractivity contribution is 0.269. The van der Waals surface area contributed by atoms with Crippen molar-refractivity contribution in [2.45, 2.75) is 53.6 Å². The van der Waals surface area contributed by atoms with Crippen LogP contribution in [0, 0.1) is 13.8 Å². The summed E-state index contributed by atoms with van der Waals surface area (Å²) in [5, 5.41) is 12.2. The molecule has 33 heavy (non-hydrogen) atoms. The summed E-state index contributed by atoms with van der Waals surface area (Å²) in [6.07, 6.45) is 1.61. The van der Waals surface area contributed by atoms with E-state index in [2.05, 4.69) is 57.8 Å². The van der Waals surface area contributed by atoms with Crippen LogP contribution in [0.3, 0.4) is 0 Å². The minimum atomic E-state index is -0.389. The van der Waals surface area contributed by atoms with E-state index in [1.807, 2.05) is 45.9 Å². The van der Waals surface area contributed by atoms with E-state index in [1.54, 1.807) is 6.21 Å². The molecule has 2 N–H and O–H groups in total. The van der Waals surface area contributed by atoms with E-state index < -0.39 is 0 Å². The SMILES string of the molecule is CCOc1cc(/C=N/Nc2nnc(C(C)(C)C)c(=O)[nH]2)ccc1OCc1cc(C)ccc1C. The van der Waals surface area contributed by atoms with Crippen molar-refractivity contribution < 1.29 is 9.47 Å². The third kappa shape index (κ3) is 6.41. The summed E-state index contributed by atoms with van der Waals surface area (Å²) >= 11 is 0. The Morgan fingerprint density at radius 3 is 2.55 bits per heavy atom. The lowest BCUT2D eigenvalue weighted by Crippen LogP contribution is -2.28. The predicted molar refractivity (Wildman–Crippen MR) is 130 cm³/mol. The van der Waals surface area contributed by atoms with Gasteiger partial charge in [0.1, 0.15) is 12.3 Å². The molecule has 0 saturated carbocycles. The van der Waals surface area contributed by atoms with Crippen LogP contribution in [0.25, 0.3) is 0 Å². The zero-order valence-corrected chi connectivity index (χ0v) is 20.0. The largest absolute Gasteiger partial charge is 0.490 e. The first-order valence-electron chi connectivity index (χ1n) is 10.9. The van der Waals surface area contributed by atoms with Crippen LogP contribution < -0.4 is 20.5 Å². The lowest BCUT2D eigenvalue weighted by Gasteiger charge is -2.15. The molecule has 0 amide bonds. The van der Waals surface area contributed by atoms with Crippen LogP contribution in [0.5, 0.6) is 11.5 Å². The molecule has 0 aliphatic heterocycles. The zero-order chi connectivity index (χ0) is 24.0. The standard InChI is InChI=1S/C25H31N5O3/c1-7-32-21-13-18(10-11-20(21)33-15-19-12-16(2)8-9-17(19)3)14-26-29-24-27-23(31)22(28-30-24)25(4,5)6/h8-14H,7,15H2,1-6H3,(H2,27,29,30,31)/b26-14+. The summed E-state index contributed by atoms with van der Waals surface area (Å²) < 4.78 is 11.8. The van der Waals surface area contributed by atoms with Gasteiger partial charge in [-0.3, -0.25) is 9.78 Å². The van der Waals surface area contributed by atoms with E-state index in [0.29, 0.717) is 30.4 Å². The molecule has 3 aromatic rings. The third-order valence-electron chi connectivity index (χ3n) is 4.95. The second-order valence-corrected chi connectivity index (χ2v) is 8.83. The lowest BCUT2D eigenvalue weighted by atomic mass is 9.93. The van der Waals surface area contributed by atoms with Gasteiger partial charge in [0.05, 0.1) is 12.8 Å². The van der Waals surface area contributed by atoms with Crippen molar-refractivity contribution in [1.29, 1.82) is 0 Å². The van der Waals surface area contributed by atoms with Crippen LogP contribution in [0.4, 0.5) is 5.95 Å². The summed E-state index contributed by atoms with van der Waals surface area (Å²) in [4.78, 5) is 14.8. The summed E-state index contributed by atoms with van der Waals surface area (Å²) in [5.41, 5.74) is 6.71. The number of nitrogens with zero attached hydrogens (tertiary/aromatic N) is 3. The molecule has 0 aliphatic rings. The van der Waals surface area contributed by atoms with Gasteiger partial charge < -0.3 is 9.47 Å². The van der Waals surface area contributed by atoms with Gasteiger partial charge in [-0.1, -0.05) is 44.5 Å². The number of hydrogen-bond donors (Lipinski definition) is 2. The number of aromatic nitrogens is 3. The van der Waals surface area contributed by atoms with Gasteiger partial charge in [0.25, 0.3) is 5.56 Å². The van der Waals surface area contributed by atoms with Crippen molar-refractivity contribution in [2.75, 3.05) is 12.0 Å². The number of ether oxygens (including phenoxy) is 2. The molecule has 8 heteroatoms. The number of benzene rings is 2. The molecule has 0 aliphatic carbocycles. The van der Waals surface area contributed by atoms with E-state index in [-0.39, 0.29) is 16.9 Å². The van der Waals surface area contributed by atoms with Crippen LogP contribution in [-0.4, -0.2) is 28.0 Å². The Labute approximate surface area is 194 Å². The van der Waals surface area contributed by atoms with E-state index >= 15 is 0 Å². The molecule has 8 nitrogen and oxygen atoms in total. The van der Waals surface area contributed by atoms with Gasteiger partial charge >= 0.3 is 0 Å². The number of aryl methyl sites for hydroxylation is 2. The van der Waals surface area contributed by atoms with Gasteiger partial charge in [0, 0.05) is 5.41 Å². The molecule has 3 rings (SSSR count). The van der Waals surface area contributed by atoms with Gasteiger partial charge in [0.2, 0.25) is 5.95 Å². The number of hydrogen-bond acceptors (Lipinski definition) is 7. The fraction of sp³-hybridized carbons (Fsp3) is 0.360. The zero-order valence-electron chi connectivity index (χ0n) is 20.0. The summed E-state index contributed by atoms with van der Waals surface area (Å²) in [5.74, 6) is 1.47. The highest BCUT2D eigenvalue weighted by Crippen LogP contribution is 2.29. The molecule has 0 saturated heterocycles. The molecule has 1 aromatic heterocycles. The van der Waals surface area contributed by atoms with Crippen LogP contribution in [0.15, 0.2) is 46.3 Å². The Bertz CT molecular complexity index is 1200. The topological polar surface area (TPSA) is 101 Å². The fourth-order valence-corrected chi connectivity index (χ4v) is 3.15. The Morgan fingerprint density at radius 1 is 1.06 bits per heavy atom. The highest BCUT2D eigenvalue weighted by molar-refractivity contribution is 5.81. The molecule has 0 fully saturated rings. The first-order valence-corrected chi connectivity index (χ1v) is 10.9. The number of nitrogens with one attached hydrogen (secondary N) is 2. The molecule has 0 atom stereocenters. The van der Waals surface area contributed by atoms with Gasteiger partial charge in [-0.25, -0.2) is 5.43 Å². The molecule has 0 spiro atoms. The maximum absolute atomic E-state index is 12.2. The fourth-order valence-electron chi connectivity index (χ4n) is 3.15. The molecule has 174 valence electrons. The van der Waals surface area contributed by atoms with Crippen molar-refractivity contribution in [1.82, 2.24) is 15.2 Å². The predicted octanol–water partition coefficient (Wildman–Crippen LogP) is 4.50. The number of rotatable bonds is 8. The number of H-pyrrole nitrogens is 1. The van der Waals surface area contributed by atoms with Gasteiger partial charge in [-0.15, -0.1) is 10.2 Å². The molecule has 0 unspecified atom stereocenters. The molecule has 1 heterocycles. The maximum atomic E-state index is 12.2. The average molecular weight is 450 g/mol. The molecular formula is C25H31N5O3. The van der Waals surface area contributed by atoms with E-state index in [1.165, 1.54) is 11.1 Å². The molecule has 0 bridgehead atoms. The molecule has 2 aromatic carbocycles. The highest BCUT2D eigenvalue weighted by Gasteiger charge is 2.20. The molecular weight excluding hydrogens is 418 g/mol. The quantitative estimate of drug-likeness (QED) is 0.388. The summed E-state index contributed by atoms with van der Waals surface area (Å²) in [6, 6.07) is 11.9. The smallest absolute Gasteiger partial charge is 0.274 e. The van der Waals surface area contributed by atoms with Gasteiger partial charge in [0.15, 0.2) is 11.5 Å². The van der Waals surface area contributed by atoms with Crippen molar-refractivity contribution in [3.05, 3.63) is 74.7 Å².